The second-order valence-corrected chi connectivity index (χ2v) is 11.8. The van der Waals surface area contributed by atoms with E-state index in [-0.39, 0.29) is 30.2 Å². The first-order chi connectivity index (χ1) is 18.9. The molecule has 0 spiro atoms. The molecule has 2 heterocycles. The van der Waals surface area contributed by atoms with Gasteiger partial charge in [0.2, 0.25) is 5.91 Å². The molecule has 1 aromatic heterocycles. The van der Waals surface area contributed by atoms with E-state index in [1.807, 2.05) is 12.1 Å². The largest absolute Gasteiger partial charge is 0.354 e. The summed E-state index contributed by atoms with van der Waals surface area (Å²) in [6.45, 7) is 11.5. The number of likely N-dealkylation sites (N-methyl/N-ethyl adjacent to an activating group) is 1. The second-order valence-electron chi connectivity index (χ2n) is 11.8. The molecule has 1 aliphatic heterocycles. The second kappa shape index (κ2) is 13.8. The Morgan fingerprint density at radius 1 is 1.10 bits per heavy atom. The predicted molar refractivity (Wildman–Crippen MR) is 164 cm³/mol. The standard InChI is InChI=1S/C29H44N8O3.ClH/c1-5-34(19-22-17-23(30)18-22)20(2)16-21-6-8-24(9-7-21)37-11-10-25(33-28(37)40)32-27(39)36-14-12-35(13-15-36)26(38)29(3,4)31;/h6-11,20,22-23H,5,12-19,30-31H2,1-4H3,(H,32,33,39,40);1H/t20?,22-,23+;. The smallest absolute Gasteiger partial charge is 0.338 e. The summed E-state index contributed by atoms with van der Waals surface area (Å²) in [5.41, 5.74) is 12.4. The molecule has 2 fully saturated rings. The highest BCUT2D eigenvalue weighted by Gasteiger charge is 2.31. The number of anilines is 1. The van der Waals surface area contributed by atoms with Gasteiger partial charge in [-0.25, -0.2) is 9.59 Å². The van der Waals surface area contributed by atoms with E-state index in [4.69, 9.17) is 11.5 Å². The van der Waals surface area contributed by atoms with Crippen LogP contribution in [-0.4, -0.2) is 93.1 Å². The summed E-state index contributed by atoms with van der Waals surface area (Å²) in [6.07, 6.45) is 4.79. The number of carbonyl (C=O) groups excluding carboxylic acids is 2. The molecular weight excluding hydrogens is 544 g/mol. The van der Waals surface area contributed by atoms with Crippen molar-refractivity contribution in [2.45, 2.75) is 64.6 Å². The lowest BCUT2D eigenvalue weighted by molar-refractivity contribution is -0.137. The van der Waals surface area contributed by atoms with Crippen molar-refractivity contribution in [2.75, 3.05) is 44.6 Å². The number of rotatable bonds is 9. The van der Waals surface area contributed by atoms with Gasteiger partial charge in [-0.3, -0.25) is 14.7 Å². The number of nitrogens with one attached hydrogen (secondary N) is 1. The van der Waals surface area contributed by atoms with Crippen molar-refractivity contribution in [3.05, 3.63) is 52.6 Å². The maximum atomic E-state index is 12.8. The van der Waals surface area contributed by atoms with Crippen LogP contribution in [0, 0.1) is 5.92 Å². The molecule has 1 saturated carbocycles. The molecule has 2 aromatic rings. The van der Waals surface area contributed by atoms with Gasteiger partial charge in [0, 0.05) is 51.0 Å². The number of nitrogens with two attached hydrogens (primary N) is 2. The maximum absolute atomic E-state index is 12.8. The number of piperazine rings is 1. The highest BCUT2D eigenvalue weighted by Crippen LogP contribution is 2.27. The van der Waals surface area contributed by atoms with E-state index in [0.717, 1.165) is 32.4 Å². The Morgan fingerprint density at radius 3 is 2.24 bits per heavy atom. The van der Waals surface area contributed by atoms with E-state index in [1.165, 1.54) is 10.1 Å². The molecule has 0 bridgehead atoms. The number of aromatic nitrogens is 2. The van der Waals surface area contributed by atoms with E-state index in [1.54, 1.807) is 35.9 Å². The normalized spacial score (nSPS) is 19.8. The minimum Gasteiger partial charge on any atom is -0.338 e. The third-order valence-electron chi connectivity index (χ3n) is 7.98. The van der Waals surface area contributed by atoms with Crippen LogP contribution in [0.25, 0.3) is 5.69 Å². The number of hydrogen-bond donors (Lipinski definition) is 3. The molecule has 11 nitrogen and oxygen atoms in total. The quantitative estimate of drug-likeness (QED) is 0.407. The lowest BCUT2D eigenvalue weighted by Gasteiger charge is -2.38. The van der Waals surface area contributed by atoms with Crippen LogP contribution in [0.4, 0.5) is 10.6 Å². The first-order valence-electron chi connectivity index (χ1n) is 14.3. The zero-order valence-electron chi connectivity index (χ0n) is 24.6. The highest BCUT2D eigenvalue weighted by atomic mass is 35.5. The Balaban J connectivity index is 0.00000462. The van der Waals surface area contributed by atoms with E-state index in [9.17, 15) is 14.4 Å². The third-order valence-corrected chi connectivity index (χ3v) is 7.98. The molecule has 226 valence electrons. The van der Waals surface area contributed by atoms with Gasteiger partial charge in [-0.05, 0) is 76.3 Å². The molecule has 1 saturated heterocycles. The van der Waals surface area contributed by atoms with Crippen LogP contribution in [-0.2, 0) is 11.2 Å². The van der Waals surface area contributed by atoms with Crippen LogP contribution in [0.1, 0.15) is 46.1 Å². The SMILES string of the molecule is CCN(C[C@H]1C[C@@H](N)C1)C(C)Cc1ccc(-n2ccc(NC(=O)N3CCN(C(=O)C(C)(C)N)CC3)nc2=O)cc1.Cl. The van der Waals surface area contributed by atoms with Crippen molar-refractivity contribution in [1.82, 2.24) is 24.3 Å². The topological polar surface area (TPSA) is 143 Å². The molecule has 41 heavy (non-hydrogen) atoms. The van der Waals surface area contributed by atoms with Crippen LogP contribution >= 0.6 is 12.4 Å². The number of urea groups is 1. The summed E-state index contributed by atoms with van der Waals surface area (Å²) in [4.78, 5) is 47.7. The van der Waals surface area contributed by atoms with Crippen molar-refractivity contribution in [1.29, 1.82) is 0 Å². The van der Waals surface area contributed by atoms with Crippen LogP contribution in [0.5, 0.6) is 0 Å². The van der Waals surface area contributed by atoms with Gasteiger partial charge in [0.1, 0.15) is 5.82 Å². The summed E-state index contributed by atoms with van der Waals surface area (Å²) in [6, 6.07) is 9.99. The van der Waals surface area contributed by atoms with Gasteiger partial charge in [0.25, 0.3) is 0 Å². The molecule has 0 radical (unpaired) electrons. The summed E-state index contributed by atoms with van der Waals surface area (Å²) in [7, 11) is 0. The van der Waals surface area contributed by atoms with Crippen molar-refractivity contribution in [3.8, 4) is 5.69 Å². The molecule has 1 aromatic carbocycles. The van der Waals surface area contributed by atoms with Crippen LogP contribution in [0.2, 0.25) is 0 Å². The number of nitrogens with zero attached hydrogens (tertiary/aromatic N) is 5. The Bertz CT molecular complexity index is 1230. The summed E-state index contributed by atoms with van der Waals surface area (Å²) in [5.74, 6) is 0.750. The fourth-order valence-electron chi connectivity index (χ4n) is 5.53. The van der Waals surface area contributed by atoms with Crippen LogP contribution in [0.3, 0.4) is 0 Å². The van der Waals surface area contributed by atoms with E-state index in [2.05, 4.69) is 41.2 Å². The first kappa shape index (κ1) is 32.5. The average Bonchev–Trinajstić information content (AvgIpc) is 2.90. The molecule has 12 heteroatoms. The lowest BCUT2D eigenvalue weighted by Crippen LogP contribution is -2.58. The van der Waals surface area contributed by atoms with E-state index >= 15 is 0 Å². The molecule has 1 unspecified atom stereocenters. The number of carbonyl (C=O) groups is 2. The molecular formula is C29H45ClN8O3. The number of halogens is 1. The Kier molecular flexibility index (Phi) is 10.9. The van der Waals surface area contributed by atoms with Crippen molar-refractivity contribution >= 4 is 30.2 Å². The monoisotopic (exact) mass is 588 g/mol. The van der Waals surface area contributed by atoms with Gasteiger partial charge < -0.3 is 26.2 Å². The zero-order chi connectivity index (χ0) is 29.0. The van der Waals surface area contributed by atoms with Crippen molar-refractivity contribution in [3.63, 3.8) is 0 Å². The Morgan fingerprint density at radius 2 is 1.71 bits per heavy atom. The Labute approximate surface area is 248 Å². The first-order valence-corrected chi connectivity index (χ1v) is 14.3. The fraction of sp³-hybridized carbons (Fsp3) is 0.586. The molecule has 1 atom stereocenters. The molecule has 2 aliphatic rings. The molecule has 4 rings (SSSR count). The van der Waals surface area contributed by atoms with Gasteiger partial charge in [-0.2, -0.15) is 4.98 Å². The zero-order valence-corrected chi connectivity index (χ0v) is 25.4. The van der Waals surface area contributed by atoms with Crippen LogP contribution in [0.15, 0.2) is 41.3 Å². The van der Waals surface area contributed by atoms with Gasteiger partial charge in [0.15, 0.2) is 0 Å². The third kappa shape index (κ3) is 8.28. The average molecular weight is 589 g/mol. The van der Waals surface area contributed by atoms with Crippen LogP contribution < -0.4 is 22.5 Å². The Hall–Kier alpha value is -2.99. The molecule has 1 aliphatic carbocycles. The van der Waals surface area contributed by atoms with Gasteiger partial charge >= 0.3 is 11.7 Å². The molecule has 5 N–H and O–H groups in total. The summed E-state index contributed by atoms with van der Waals surface area (Å²) < 4.78 is 1.46. The van der Waals surface area contributed by atoms with Gasteiger partial charge in [-0.1, -0.05) is 19.1 Å². The minimum atomic E-state index is -0.947. The van der Waals surface area contributed by atoms with E-state index < -0.39 is 11.2 Å². The number of amides is 3. The van der Waals surface area contributed by atoms with Crippen molar-refractivity contribution in [2.24, 2.45) is 17.4 Å². The van der Waals surface area contributed by atoms with Crippen molar-refractivity contribution < 1.29 is 9.59 Å². The van der Waals surface area contributed by atoms with Gasteiger partial charge in [-0.15, -0.1) is 12.4 Å². The fourth-order valence-corrected chi connectivity index (χ4v) is 5.53. The van der Waals surface area contributed by atoms with E-state index in [0.29, 0.717) is 49.9 Å². The van der Waals surface area contributed by atoms with Gasteiger partial charge in [0.05, 0.1) is 11.2 Å². The number of hydrogen-bond acceptors (Lipinski definition) is 7. The molecule has 3 amide bonds. The minimum absolute atomic E-state index is 0. The predicted octanol–water partition coefficient (Wildman–Crippen LogP) is 2.06. The summed E-state index contributed by atoms with van der Waals surface area (Å²) >= 11 is 0. The highest BCUT2D eigenvalue weighted by molar-refractivity contribution is 5.89. The lowest BCUT2D eigenvalue weighted by atomic mass is 9.80. The summed E-state index contributed by atoms with van der Waals surface area (Å²) in [5, 5.41) is 2.70. The number of benzene rings is 1. The maximum Gasteiger partial charge on any atom is 0.354 e.